The van der Waals surface area contributed by atoms with Crippen LogP contribution in [-0.4, -0.2) is 19.0 Å². The molecular formula is C10H20N2O. The first-order valence-corrected chi connectivity index (χ1v) is 5.23. The molecule has 0 radical (unpaired) electrons. The van der Waals surface area contributed by atoms with Gasteiger partial charge in [-0.15, -0.1) is 0 Å². The molecule has 0 atom stereocenters. The van der Waals surface area contributed by atoms with E-state index in [0.29, 0.717) is 6.54 Å². The van der Waals surface area contributed by atoms with Gasteiger partial charge in [0, 0.05) is 6.54 Å². The van der Waals surface area contributed by atoms with Crippen molar-refractivity contribution in [2.45, 2.75) is 39.0 Å². The van der Waals surface area contributed by atoms with Gasteiger partial charge < -0.3 is 11.1 Å². The number of rotatable bonds is 4. The fourth-order valence-corrected chi connectivity index (χ4v) is 2.27. The number of hydrogen-bond donors (Lipinski definition) is 2. The number of carbonyl (C=O) groups is 1. The molecule has 3 N–H and O–H groups in total. The maximum absolute atomic E-state index is 11.8. The molecule has 0 aliphatic heterocycles. The van der Waals surface area contributed by atoms with E-state index in [1.165, 1.54) is 12.8 Å². The Kier molecular flexibility index (Phi) is 3.72. The van der Waals surface area contributed by atoms with Gasteiger partial charge in [0.1, 0.15) is 0 Å². The molecule has 1 rings (SSSR count). The highest BCUT2D eigenvalue weighted by Gasteiger charge is 2.39. The zero-order chi connectivity index (χ0) is 9.73. The first-order valence-electron chi connectivity index (χ1n) is 5.23. The van der Waals surface area contributed by atoms with Crippen LogP contribution >= 0.6 is 0 Å². The smallest absolute Gasteiger partial charge is 0.226 e. The van der Waals surface area contributed by atoms with Gasteiger partial charge >= 0.3 is 0 Å². The summed E-state index contributed by atoms with van der Waals surface area (Å²) in [6, 6.07) is 0. The number of amides is 1. The van der Waals surface area contributed by atoms with Crippen molar-refractivity contribution >= 4 is 5.91 Å². The van der Waals surface area contributed by atoms with Crippen LogP contribution in [0.15, 0.2) is 0 Å². The largest absolute Gasteiger partial charge is 0.356 e. The van der Waals surface area contributed by atoms with E-state index in [1.54, 1.807) is 0 Å². The molecule has 0 saturated heterocycles. The van der Waals surface area contributed by atoms with E-state index in [2.05, 4.69) is 5.32 Å². The Hall–Kier alpha value is -0.570. The number of nitrogens with one attached hydrogen (secondary N) is 1. The summed E-state index contributed by atoms with van der Waals surface area (Å²) in [5.74, 6) is 0.220. The van der Waals surface area contributed by atoms with Gasteiger partial charge in [0.2, 0.25) is 5.91 Å². The molecule has 1 aliphatic rings. The minimum atomic E-state index is -0.120. The van der Waals surface area contributed by atoms with Gasteiger partial charge in [0.15, 0.2) is 0 Å². The van der Waals surface area contributed by atoms with Gasteiger partial charge in [0.25, 0.3) is 0 Å². The summed E-state index contributed by atoms with van der Waals surface area (Å²) >= 11 is 0. The molecule has 76 valence electrons. The standard InChI is InChI=1S/C10H20N2O/c1-2-12-9(13)10(7-8-11)5-3-4-6-10/h2-8,11H2,1H3,(H,12,13). The van der Waals surface area contributed by atoms with Gasteiger partial charge in [-0.25, -0.2) is 0 Å². The summed E-state index contributed by atoms with van der Waals surface area (Å²) in [7, 11) is 0. The zero-order valence-corrected chi connectivity index (χ0v) is 8.44. The highest BCUT2D eigenvalue weighted by atomic mass is 16.2. The molecule has 13 heavy (non-hydrogen) atoms. The molecule has 3 heteroatoms. The van der Waals surface area contributed by atoms with E-state index in [4.69, 9.17) is 5.73 Å². The Labute approximate surface area is 80.1 Å². The van der Waals surface area contributed by atoms with E-state index in [-0.39, 0.29) is 11.3 Å². The van der Waals surface area contributed by atoms with E-state index in [1.807, 2.05) is 6.92 Å². The van der Waals surface area contributed by atoms with Crippen molar-refractivity contribution in [2.24, 2.45) is 11.1 Å². The van der Waals surface area contributed by atoms with Gasteiger partial charge in [-0.1, -0.05) is 12.8 Å². The molecule has 0 aromatic heterocycles. The minimum absolute atomic E-state index is 0.120. The van der Waals surface area contributed by atoms with Crippen molar-refractivity contribution in [3.05, 3.63) is 0 Å². The highest BCUT2D eigenvalue weighted by Crippen LogP contribution is 2.40. The molecule has 1 aliphatic carbocycles. The minimum Gasteiger partial charge on any atom is -0.356 e. The van der Waals surface area contributed by atoms with Crippen molar-refractivity contribution in [1.29, 1.82) is 0 Å². The molecule has 0 spiro atoms. The van der Waals surface area contributed by atoms with Crippen LogP contribution in [0.3, 0.4) is 0 Å². The topological polar surface area (TPSA) is 55.1 Å². The second-order valence-corrected chi connectivity index (χ2v) is 3.89. The molecule has 0 unspecified atom stereocenters. The van der Waals surface area contributed by atoms with E-state index < -0.39 is 0 Å². The van der Waals surface area contributed by atoms with E-state index >= 15 is 0 Å². The monoisotopic (exact) mass is 184 g/mol. The second kappa shape index (κ2) is 4.61. The van der Waals surface area contributed by atoms with Gasteiger partial charge in [0.05, 0.1) is 5.41 Å². The van der Waals surface area contributed by atoms with Crippen molar-refractivity contribution in [2.75, 3.05) is 13.1 Å². The summed E-state index contributed by atoms with van der Waals surface area (Å²) < 4.78 is 0. The average Bonchev–Trinajstić information content (AvgIpc) is 2.55. The summed E-state index contributed by atoms with van der Waals surface area (Å²) in [5, 5.41) is 2.92. The van der Waals surface area contributed by atoms with Gasteiger partial charge in [-0.3, -0.25) is 4.79 Å². The van der Waals surface area contributed by atoms with Crippen molar-refractivity contribution in [3.8, 4) is 0 Å². The van der Waals surface area contributed by atoms with Crippen LogP contribution in [0.4, 0.5) is 0 Å². The van der Waals surface area contributed by atoms with Crippen LogP contribution in [0.1, 0.15) is 39.0 Å². The predicted octanol–water partition coefficient (Wildman–Crippen LogP) is 1.03. The van der Waals surface area contributed by atoms with Gasteiger partial charge in [-0.2, -0.15) is 0 Å². The lowest BCUT2D eigenvalue weighted by atomic mass is 9.81. The van der Waals surface area contributed by atoms with Gasteiger partial charge in [-0.05, 0) is 32.7 Å². The van der Waals surface area contributed by atoms with E-state index in [9.17, 15) is 4.79 Å². The molecule has 0 aromatic rings. The maximum atomic E-state index is 11.8. The summed E-state index contributed by atoms with van der Waals surface area (Å²) in [6.07, 6.45) is 5.25. The fourth-order valence-electron chi connectivity index (χ4n) is 2.27. The molecule has 3 nitrogen and oxygen atoms in total. The van der Waals surface area contributed by atoms with E-state index in [0.717, 1.165) is 25.8 Å². The van der Waals surface area contributed by atoms with Crippen LogP contribution in [0.2, 0.25) is 0 Å². The van der Waals surface area contributed by atoms with Crippen LogP contribution < -0.4 is 11.1 Å². The first-order chi connectivity index (χ1) is 6.25. The Morgan fingerprint density at radius 3 is 2.54 bits per heavy atom. The zero-order valence-electron chi connectivity index (χ0n) is 8.44. The molecule has 0 bridgehead atoms. The predicted molar refractivity (Wildman–Crippen MR) is 53.3 cm³/mol. The lowest BCUT2D eigenvalue weighted by Crippen LogP contribution is -2.40. The third-order valence-electron chi connectivity index (χ3n) is 3.00. The summed E-state index contributed by atoms with van der Waals surface area (Å²) in [5.41, 5.74) is 5.43. The third kappa shape index (κ3) is 2.21. The van der Waals surface area contributed by atoms with Crippen LogP contribution in [0.25, 0.3) is 0 Å². The Balaban J connectivity index is 2.60. The van der Waals surface area contributed by atoms with Crippen molar-refractivity contribution in [3.63, 3.8) is 0 Å². The third-order valence-corrected chi connectivity index (χ3v) is 3.00. The Morgan fingerprint density at radius 1 is 1.46 bits per heavy atom. The SMILES string of the molecule is CCNC(=O)C1(CCN)CCCC1. The summed E-state index contributed by atoms with van der Waals surface area (Å²) in [6.45, 7) is 3.31. The normalized spacial score (nSPS) is 20.2. The molecule has 1 saturated carbocycles. The number of nitrogens with two attached hydrogens (primary N) is 1. The lowest BCUT2D eigenvalue weighted by Gasteiger charge is -2.26. The van der Waals surface area contributed by atoms with Crippen LogP contribution in [-0.2, 0) is 4.79 Å². The molecular weight excluding hydrogens is 164 g/mol. The highest BCUT2D eigenvalue weighted by molar-refractivity contribution is 5.82. The first kappa shape index (κ1) is 10.5. The second-order valence-electron chi connectivity index (χ2n) is 3.89. The lowest BCUT2D eigenvalue weighted by molar-refractivity contribution is -0.131. The summed E-state index contributed by atoms with van der Waals surface area (Å²) in [4.78, 5) is 11.8. The Bertz CT molecular complexity index is 174. The molecule has 1 fully saturated rings. The number of hydrogen-bond acceptors (Lipinski definition) is 2. The number of carbonyl (C=O) groups excluding carboxylic acids is 1. The Morgan fingerprint density at radius 2 is 2.08 bits per heavy atom. The maximum Gasteiger partial charge on any atom is 0.226 e. The van der Waals surface area contributed by atoms with Crippen LogP contribution in [0.5, 0.6) is 0 Å². The molecule has 0 aromatic carbocycles. The fraction of sp³-hybridized carbons (Fsp3) is 0.900. The van der Waals surface area contributed by atoms with Crippen molar-refractivity contribution < 1.29 is 4.79 Å². The quantitative estimate of drug-likeness (QED) is 0.685. The molecule has 0 heterocycles. The average molecular weight is 184 g/mol. The van der Waals surface area contributed by atoms with Crippen molar-refractivity contribution in [1.82, 2.24) is 5.32 Å². The van der Waals surface area contributed by atoms with Crippen LogP contribution in [0, 0.1) is 5.41 Å². The molecule has 1 amide bonds.